The van der Waals surface area contributed by atoms with Crippen molar-refractivity contribution in [3.05, 3.63) is 81.5 Å². The van der Waals surface area contributed by atoms with Gasteiger partial charge in [-0.05, 0) is 18.2 Å². The number of anilines is 1. The van der Waals surface area contributed by atoms with Gasteiger partial charge in [0.25, 0.3) is 11.6 Å². The Labute approximate surface area is 177 Å². The molecule has 9 heteroatoms. The second kappa shape index (κ2) is 8.46. The van der Waals surface area contributed by atoms with Crippen molar-refractivity contribution < 1.29 is 9.72 Å². The summed E-state index contributed by atoms with van der Waals surface area (Å²) in [5, 5.41) is 11.5. The minimum absolute atomic E-state index is 0.0475. The van der Waals surface area contributed by atoms with Gasteiger partial charge in [0, 0.05) is 49.0 Å². The first-order chi connectivity index (χ1) is 14.5. The first kappa shape index (κ1) is 19.8. The Morgan fingerprint density at radius 1 is 1.03 bits per heavy atom. The van der Waals surface area contributed by atoms with Crippen LogP contribution in [0.3, 0.4) is 0 Å². The molecule has 152 valence electrons. The molecule has 0 N–H and O–H groups in total. The molecule has 0 unspecified atom stereocenters. The molecule has 1 saturated heterocycles. The number of hydrogen-bond acceptors (Lipinski definition) is 6. The summed E-state index contributed by atoms with van der Waals surface area (Å²) in [4.78, 5) is 36.3. The fraction of sp³-hybridized carbons (Fsp3) is 0.190. The van der Waals surface area contributed by atoms with Gasteiger partial charge in [0.05, 0.1) is 4.92 Å². The lowest BCUT2D eigenvalue weighted by molar-refractivity contribution is -0.385. The summed E-state index contributed by atoms with van der Waals surface area (Å²) < 4.78 is 0. The fourth-order valence-corrected chi connectivity index (χ4v) is 3.56. The number of carbonyl (C=O) groups excluding carboxylic acids is 1. The molecule has 0 atom stereocenters. The van der Waals surface area contributed by atoms with Gasteiger partial charge in [0.15, 0.2) is 5.82 Å². The molecule has 4 rings (SSSR count). The highest BCUT2D eigenvalue weighted by atomic mass is 35.5. The lowest BCUT2D eigenvalue weighted by Gasteiger charge is -2.35. The molecule has 1 aliphatic heterocycles. The third-order valence-corrected chi connectivity index (χ3v) is 5.19. The molecule has 0 radical (unpaired) electrons. The predicted molar refractivity (Wildman–Crippen MR) is 114 cm³/mol. The molecule has 8 nitrogen and oxygen atoms in total. The minimum atomic E-state index is -0.582. The van der Waals surface area contributed by atoms with Crippen LogP contribution in [0.2, 0.25) is 5.02 Å². The van der Waals surface area contributed by atoms with E-state index in [9.17, 15) is 14.9 Å². The summed E-state index contributed by atoms with van der Waals surface area (Å²) in [5.41, 5.74) is 0.702. The van der Waals surface area contributed by atoms with Crippen LogP contribution < -0.4 is 4.90 Å². The molecule has 0 saturated carbocycles. The van der Waals surface area contributed by atoms with E-state index in [4.69, 9.17) is 11.6 Å². The molecular weight excluding hydrogens is 406 g/mol. The lowest BCUT2D eigenvalue weighted by Crippen LogP contribution is -2.49. The summed E-state index contributed by atoms with van der Waals surface area (Å²) in [6.45, 7) is 2.00. The molecule has 1 aliphatic rings. The molecule has 0 bridgehead atoms. The monoisotopic (exact) mass is 423 g/mol. The van der Waals surface area contributed by atoms with Gasteiger partial charge in [-0.25, -0.2) is 9.97 Å². The van der Waals surface area contributed by atoms with E-state index >= 15 is 0 Å². The Morgan fingerprint density at radius 3 is 2.47 bits per heavy atom. The van der Waals surface area contributed by atoms with E-state index in [0.29, 0.717) is 32.0 Å². The smallest absolute Gasteiger partial charge is 0.283 e. The van der Waals surface area contributed by atoms with Crippen molar-refractivity contribution in [2.24, 2.45) is 0 Å². The maximum atomic E-state index is 12.9. The SMILES string of the molecule is O=C(c1ccc(Cl)cc1[N+](=O)[O-])N1CCN(c2ccnc(-c3ccccc3)n2)CC1. The molecule has 1 fully saturated rings. The van der Waals surface area contributed by atoms with Crippen molar-refractivity contribution in [3.8, 4) is 11.4 Å². The number of nitro benzene ring substituents is 1. The Balaban J connectivity index is 1.47. The van der Waals surface area contributed by atoms with Crippen LogP contribution in [-0.4, -0.2) is 51.9 Å². The Morgan fingerprint density at radius 2 is 1.77 bits per heavy atom. The zero-order valence-corrected chi connectivity index (χ0v) is 16.7. The molecule has 1 aromatic heterocycles. The van der Waals surface area contributed by atoms with Crippen molar-refractivity contribution in [2.75, 3.05) is 31.1 Å². The van der Waals surface area contributed by atoms with Gasteiger partial charge in [-0.15, -0.1) is 0 Å². The zero-order chi connectivity index (χ0) is 21.1. The fourth-order valence-electron chi connectivity index (χ4n) is 3.40. The highest BCUT2D eigenvalue weighted by molar-refractivity contribution is 6.31. The van der Waals surface area contributed by atoms with E-state index in [0.717, 1.165) is 11.4 Å². The molecular formula is C21H18ClN5O3. The highest BCUT2D eigenvalue weighted by Crippen LogP contribution is 2.25. The van der Waals surface area contributed by atoms with E-state index in [2.05, 4.69) is 14.9 Å². The summed E-state index contributed by atoms with van der Waals surface area (Å²) >= 11 is 5.85. The van der Waals surface area contributed by atoms with Crippen molar-refractivity contribution in [2.45, 2.75) is 0 Å². The molecule has 3 aromatic rings. The van der Waals surface area contributed by atoms with Crippen LogP contribution in [-0.2, 0) is 0 Å². The van der Waals surface area contributed by atoms with Crippen LogP contribution >= 0.6 is 11.6 Å². The van der Waals surface area contributed by atoms with Crippen LogP contribution in [0.25, 0.3) is 11.4 Å². The number of piperazine rings is 1. The quantitative estimate of drug-likeness (QED) is 0.469. The topological polar surface area (TPSA) is 92.5 Å². The lowest BCUT2D eigenvalue weighted by atomic mass is 10.1. The summed E-state index contributed by atoms with van der Waals surface area (Å²) in [6.07, 6.45) is 1.72. The summed E-state index contributed by atoms with van der Waals surface area (Å²) in [5.74, 6) is 1.06. The van der Waals surface area contributed by atoms with Crippen LogP contribution in [0.15, 0.2) is 60.8 Å². The van der Waals surface area contributed by atoms with Crippen LogP contribution in [0.4, 0.5) is 11.5 Å². The third-order valence-electron chi connectivity index (χ3n) is 4.95. The van der Waals surface area contributed by atoms with Gasteiger partial charge in [0.2, 0.25) is 0 Å². The molecule has 0 spiro atoms. The average Bonchev–Trinajstić information content (AvgIpc) is 2.79. The number of nitrogens with zero attached hydrogens (tertiary/aromatic N) is 5. The maximum Gasteiger partial charge on any atom is 0.283 e. The number of rotatable bonds is 4. The van der Waals surface area contributed by atoms with E-state index in [1.807, 2.05) is 36.4 Å². The second-order valence-electron chi connectivity index (χ2n) is 6.80. The Hall–Kier alpha value is -3.52. The summed E-state index contributed by atoms with van der Waals surface area (Å²) in [7, 11) is 0. The molecule has 2 aromatic carbocycles. The molecule has 1 amide bonds. The largest absolute Gasteiger partial charge is 0.353 e. The first-order valence-corrected chi connectivity index (χ1v) is 9.77. The van der Waals surface area contributed by atoms with Gasteiger partial charge < -0.3 is 9.80 Å². The number of aromatic nitrogens is 2. The van der Waals surface area contributed by atoms with Crippen LogP contribution in [0, 0.1) is 10.1 Å². The maximum absolute atomic E-state index is 12.9. The van der Waals surface area contributed by atoms with Crippen molar-refractivity contribution >= 4 is 29.0 Å². The van der Waals surface area contributed by atoms with Gasteiger partial charge in [-0.2, -0.15) is 0 Å². The third kappa shape index (κ3) is 4.08. The number of amides is 1. The van der Waals surface area contributed by atoms with Gasteiger partial charge in [-0.3, -0.25) is 14.9 Å². The molecule has 0 aliphatic carbocycles. The summed E-state index contributed by atoms with van der Waals surface area (Å²) in [6, 6.07) is 15.7. The number of halogens is 1. The number of benzene rings is 2. The van der Waals surface area contributed by atoms with Crippen molar-refractivity contribution in [1.82, 2.24) is 14.9 Å². The Kier molecular flexibility index (Phi) is 5.58. The molecule has 2 heterocycles. The number of hydrogen-bond donors (Lipinski definition) is 0. The van der Waals surface area contributed by atoms with Crippen LogP contribution in [0.1, 0.15) is 10.4 Å². The minimum Gasteiger partial charge on any atom is -0.353 e. The average molecular weight is 424 g/mol. The molecule has 30 heavy (non-hydrogen) atoms. The van der Waals surface area contributed by atoms with Gasteiger partial charge >= 0.3 is 0 Å². The second-order valence-corrected chi connectivity index (χ2v) is 7.24. The van der Waals surface area contributed by atoms with Crippen molar-refractivity contribution in [3.63, 3.8) is 0 Å². The van der Waals surface area contributed by atoms with E-state index in [1.165, 1.54) is 18.2 Å². The normalized spacial score (nSPS) is 13.9. The highest BCUT2D eigenvalue weighted by Gasteiger charge is 2.28. The Bertz CT molecular complexity index is 1090. The number of carbonyl (C=O) groups is 1. The van der Waals surface area contributed by atoms with E-state index in [1.54, 1.807) is 11.1 Å². The zero-order valence-electron chi connectivity index (χ0n) is 15.9. The van der Waals surface area contributed by atoms with E-state index in [-0.39, 0.29) is 22.2 Å². The standard InChI is InChI=1S/C21H18ClN5O3/c22-16-6-7-17(18(14-16)27(29)30)21(28)26-12-10-25(11-13-26)19-8-9-23-20(24-19)15-4-2-1-3-5-15/h1-9,14H,10-13H2. The first-order valence-electron chi connectivity index (χ1n) is 9.39. The van der Waals surface area contributed by atoms with Gasteiger partial charge in [0.1, 0.15) is 11.4 Å². The van der Waals surface area contributed by atoms with E-state index < -0.39 is 4.92 Å². The number of nitro groups is 1. The van der Waals surface area contributed by atoms with Crippen LogP contribution in [0.5, 0.6) is 0 Å². The predicted octanol–water partition coefficient (Wildman–Crippen LogP) is 3.67. The van der Waals surface area contributed by atoms with Crippen molar-refractivity contribution in [1.29, 1.82) is 0 Å². The van der Waals surface area contributed by atoms with Gasteiger partial charge in [-0.1, -0.05) is 41.9 Å².